The van der Waals surface area contributed by atoms with Gasteiger partial charge in [-0.3, -0.25) is 14.7 Å². The largest absolute Gasteiger partial charge is 0.337 e. The Labute approximate surface area is 161 Å². The molecule has 0 aliphatic carbocycles. The van der Waals surface area contributed by atoms with Crippen molar-refractivity contribution < 1.29 is 4.79 Å². The van der Waals surface area contributed by atoms with Gasteiger partial charge in [0.25, 0.3) is 5.91 Å². The molecule has 1 aliphatic rings. The van der Waals surface area contributed by atoms with E-state index in [1.54, 1.807) is 17.5 Å². The van der Waals surface area contributed by atoms with E-state index in [9.17, 15) is 4.79 Å². The smallest absolute Gasteiger partial charge is 0.263 e. The molecule has 0 spiro atoms. The van der Waals surface area contributed by atoms with Gasteiger partial charge in [0.05, 0.1) is 15.4 Å². The summed E-state index contributed by atoms with van der Waals surface area (Å²) in [4.78, 5) is 23.6. The molecule has 4 rings (SSSR count). The van der Waals surface area contributed by atoms with Crippen LogP contribution in [0.15, 0.2) is 53.4 Å². The summed E-state index contributed by atoms with van der Waals surface area (Å²) in [6, 6.07) is 12.0. The van der Waals surface area contributed by atoms with Gasteiger partial charge in [0, 0.05) is 38.9 Å². The molecular formula is C20H21N3OS2. The minimum atomic E-state index is 0.148. The fourth-order valence-corrected chi connectivity index (χ4v) is 4.84. The number of pyridine rings is 1. The molecule has 0 bridgehead atoms. The second-order valence-corrected chi connectivity index (χ2v) is 8.30. The molecule has 1 fully saturated rings. The third-order valence-corrected chi connectivity index (χ3v) is 6.42. The molecule has 0 saturated carbocycles. The van der Waals surface area contributed by atoms with Crippen LogP contribution in [-0.4, -0.2) is 46.9 Å². The fourth-order valence-electron chi connectivity index (χ4n) is 3.23. The summed E-state index contributed by atoms with van der Waals surface area (Å²) in [5.41, 5.74) is 2.29. The molecule has 134 valence electrons. The standard InChI is InChI=1S/C20H21N3OS2/c24-20(19-6-5-18(26-19)17-4-1-2-8-21-17)23-10-3-9-22(11-12-23)14-16-7-13-25-15-16/h1-2,4-8,13,15H,3,9-12,14H2. The van der Waals surface area contributed by atoms with Crippen molar-refractivity contribution in [3.63, 3.8) is 0 Å². The summed E-state index contributed by atoms with van der Waals surface area (Å²) in [6.07, 6.45) is 2.81. The van der Waals surface area contributed by atoms with Gasteiger partial charge in [-0.05, 0) is 53.1 Å². The molecule has 3 aromatic rings. The Morgan fingerprint density at radius 1 is 1.08 bits per heavy atom. The maximum absolute atomic E-state index is 12.9. The summed E-state index contributed by atoms with van der Waals surface area (Å²) < 4.78 is 0. The van der Waals surface area contributed by atoms with E-state index in [0.717, 1.165) is 54.6 Å². The summed E-state index contributed by atoms with van der Waals surface area (Å²) in [5, 5.41) is 4.33. The molecule has 3 aromatic heterocycles. The lowest BCUT2D eigenvalue weighted by Gasteiger charge is -2.21. The van der Waals surface area contributed by atoms with E-state index in [4.69, 9.17) is 0 Å². The lowest BCUT2D eigenvalue weighted by Crippen LogP contribution is -2.34. The minimum Gasteiger partial charge on any atom is -0.337 e. The first-order chi connectivity index (χ1) is 12.8. The van der Waals surface area contributed by atoms with Gasteiger partial charge in [-0.2, -0.15) is 11.3 Å². The minimum absolute atomic E-state index is 0.148. The second kappa shape index (κ2) is 8.12. The normalized spacial score (nSPS) is 15.8. The molecule has 0 radical (unpaired) electrons. The van der Waals surface area contributed by atoms with Crippen molar-refractivity contribution in [2.45, 2.75) is 13.0 Å². The molecule has 0 unspecified atom stereocenters. The number of carbonyl (C=O) groups excluding carboxylic acids is 1. The van der Waals surface area contributed by atoms with E-state index >= 15 is 0 Å². The molecule has 1 amide bonds. The highest BCUT2D eigenvalue weighted by Gasteiger charge is 2.22. The Morgan fingerprint density at radius 2 is 2.04 bits per heavy atom. The molecule has 4 heterocycles. The lowest BCUT2D eigenvalue weighted by molar-refractivity contribution is 0.0766. The molecule has 0 N–H and O–H groups in total. The first-order valence-electron chi connectivity index (χ1n) is 8.83. The van der Waals surface area contributed by atoms with E-state index in [1.165, 1.54) is 16.9 Å². The van der Waals surface area contributed by atoms with Crippen molar-refractivity contribution in [2.75, 3.05) is 26.2 Å². The Balaban J connectivity index is 1.40. The number of aromatic nitrogens is 1. The van der Waals surface area contributed by atoms with Crippen LogP contribution >= 0.6 is 22.7 Å². The van der Waals surface area contributed by atoms with E-state index in [1.807, 2.05) is 35.2 Å². The highest BCUT2D eigenvalue weighted by Crippen LogP contribution is 2.27. The van der Waals surface area contributed by atoms with Crippen LogP contribution in [0.1, 0.15) is 21.7 Å². The maximum atomic E-state index is 12.9. The van der Waals surface area contributed by atoms with E-state index < -0.39 is 0 Å². The summed E-state index contributed by atoms with van der Waals surface area (Å²) >= 11 is 3.27. The van der Waals surface area contributed by atoms with Crippen LogP contribution in [0, 0.1) is 0 Å². The Bertz CT molecular complexity index is 845. The van der Waals surface area contributed by atoms with Crippen LogP contribution in [0.3, 0.4) is 0 Å². The Kier molecular flexibility index (Phi) is 5.43. The van der Waals surface area contributed by atoms with Gasteiger partial charge in [-0.25, -0.2) is 0 Å². The van der Waals surface area contributed by atoms with Gasteiger partial charge in [-0.15, -0.1) is 11.3 Å². The number of rotatable bonds is 4. The van der Waals surface area contributed by atoms with E-state index in [0.29, 0.717) is 0 Å². The number of thiophene rings is 2. The second-order valence-electron chi connectivity index (χ2n) is 6.43. The zero-order chi connectivity index (χ0) is 17.8. The van der Waals surface area contributed by atoms with Gasteiger partial charge in [0.15, 0.2) is 0 Å². The number of nitrogens with zero attached hydrogens (tertiary/aromatic N) is 3. The quantitative estimate of drug-likeness (QED) is 0.677. The average Bonchev–Trinajstić information content (AvgIpc) is 3.31. The van der Waals surface area contributed by atoms with Crippen LogP contribution < -0.4 is 0 Å². The maximum Gasteiger partial charge on any atom is 0.263 e. The van der Waals surface area contributed by atoms with Gasteiger partial charge in [0.2, 0.25) is 0 Å². The number of hydrogen-bond acceptors (Lipinski definition) is 5. The molecule has 26 heavy (non-hydrogen) atoms. The number of amides is 1. The van der Waals surface area contributed by atoms with E-state index in [2.05, 4.69) is 26.7 Å². The van der Waals surface area contributed by atoms with Gasteiger partial charge < -0.3 is 4.90 Å². The summed E-state index contributed by atoms with van der Waals surface area (Å²) in [6.45, 7) is 4.58. The first kappa shape index (κ1) is 17.4. The third-order valence-electron chi connectivity index (χ3n) is 4.60. The van der Waals surface area contributed by atoms with Crippen LogP contribution in [0.2, 0.25) is 0 Å². The first-order valence-corrected chi connectivity index (χ1v) is 10.6. The fraction of sp³-hybridized carbons (Fsp3) is 0.300. The monoisotopic (exact) mass is 383 g/mol. The molecule has 0 aromatic carbocycles. The van der Waals surface area contributed by atoms with Crippen molar-refractivity contribution in [3.8, 4) is 10.6 Å². The highest BCUT2D eigenvalue weighted by atomic mass is 32.1. The van der Waals surface area contributed by atoms with Crippen molar-refractivity contribution in [1.82, 2.24) is 14.8 Å². The number of carbonyl (C=O) groups is 1. The molecule has 0 atom stereocenters. The van der Waals surface area contributed by atoms with Crippen molar-refractivity contribution in [2.24, 2.45) is 0 Å². The van der Waals surface area contributed by atoms with Gasteiger partial charge >= 0.3 is 0 Å². The molecular weight excluding hydrogens is 362 g/mol. The third kappa shape index (κ3) is 4.03. The SMILES string of the molecule is O=C(c1ccc(-c2ccccn2)s1)N1CCCN(Cc2ccsc2)CC1. The van der Waals surface area contributed by atoms with Crippen molar-refractivity contribution in [3.05, 3.63) is 63.8 Å². The van der Waals surface area contributed by atoms with Crippen molar-refractivity contribution in [1.29, 1.82) is 0 Å². The zero-order valence-corrected chi connectivity index (χ0v) is 16.1. The molecule has 1 saturated heterocycles. The van der Waals surface area contributed by atoms with Crippen molar-refractivity contribution >= 4 is 28.6 Å². The number of hydrogen-bond donors (Lipinski definition) is 0. The average molecular weight is 384 g/mol. The van der Waals surface area contributed by atoms with Crippen LogP contribution in [-0.2, 0) is 6.54 Å². The van der Waals surface area contributed by atoms with Gasteiger partial charge in [-0.1, -0.05) is 6.07 Å². The predicted octanol–water partition coefficient (Wildman–Crippen LogP) is 4.22. The molecule has 4 nitrogen and oxygen atoms in total. The van der Waals surface area contributed by atoms with Crippen LogP contribution in [0.5, 0.6) is 0 Å². The van der Waals surface area contributed by atoms with Crippen LogP contribution in [0.4, 0.5) is 0 Å². The topological polar surface area (TPSA) is 36.4 Å². The zero-order valence-electron chi connectivity index (χ0n) is 14.5. The van der Waals surface area contributed by atoms with E-state index in [-0.39, 0.29) is 5.91 Å². The van der Waals surface area contributed by atoms with Gasteiger partial charge in [0.1, 0.15) is 0 Å². The Hall–Kier alpha value is -2.02. The molecule has 1 aliphatic heterocycles. The Morgan fingerprint density at radius 3 is 2.85 bits per heavy atom. The summed E-state index contributed by atoms with van der Waals surface area (Å²) in [7, 11) is 0. The highest BCUT2D eigenvalue weighted by molar-refractivity contribution is 7.17. The van der Waals surface area contributed by atoms with Crippen LogP contribution in [0.25, 0.3) is 10.6 Å². The molecule has 6 heteroatoms. The summed E-state index contributed by atoms with van der Waals surface area (Å²) in [5.74, 6) is 0.148. The lowest BCUT2D eigenvalue weighted by atomic mass is 10.3. The predicted molar refractivity (Wildman–Crippen MR) is 108 cm³/mol.